The summed E-state index contributed by atoms with van der Waals surface area (Å²) in [6.07, 6.45) is -2.67. The quantitative estimate of drug-likeness (QED) is 0.862. The standard InChI is InChI=1S/C10H10F2N4/c11-9(12)10-15-14-8(6-13)16(10)7-4-2-1-3-5-7/h1-5,9H,6,13H2. The summed E-state index contributed by atoms with van der Waals surface area (Å²) in [5.74, 6) is -0.0619. The molecule has 2 rings (SSSR count). The van der Waals surface area contributed by atoms with Gasteiger partial charge in [-0.2, -0.15) is 0 Å². The van der Waals surface area contributed by atoms with E-state index in [1.165, 1.54) is 4.57 Å². The molecule has 0 fully saturated rings. The van der Waals surface area contributed by atoms with Crippen molar-refractivity contribution >= 4 is 0 Å². The summed E-state index contributed by atoms with van der Waals surface area (Å²) in [6.45, 7) is 0.0641. The van der Waals surface area contributed by atoms with Crippen LogP contribution in [-0.4, -0.2) is 14.8 Å². The van der Waals surface area contributed by atoms with E-state index in [1.54, 1.807) is 30.3 Å². The highest BCUT2D eigenvalue weighted by molar-refractivity contribution is 5.34. The van der Waals surface area contributed by atoms with Crippen LogP contribution < -0.4 is 5.73 Å². The average molecular weight is 224 g/mol. The highest BCUT2D eigenvalue weighted by atomic mass is 19.3. The number of benzene rings is 1. The molecule has 0 radical (unpaired) electrons. The Morgan fingerprint density at radius 2 is 1.88 bits per heavy atom. The molecule has 84 valence electrons. The first-order chi connectivity index (χ1) is 7.74. The van der Waals surface area contributed by atoms with Crippen LogP contribution in [0.4, 0.5) is 8.78 Å². The highest BCUT2D eigenvalue weighted by Crippen LogP contribution is 2.21. The summed E-state index contributed by atoms with van der Waals surface area (Å²) < 4.78 is 26.7. The van der Waals surface area contributed by atoms with Crippen LogP contribution in [0.5, 0.6) is 0 Å². The number of aromatic nitrogens is 3. The second-order valence-electron chi connectivity index (χ2n) is 3.15. The lowest BCUT2D eigenvalue weighted by Crippen LogP contribution is -2.09. The van der Waals surface area contributed by atoms with Gasteiger partial charge in [-0.05, 0) is 12.1 Å². The van der Waals surface area contributed by atoms with Crippen molar-refractivity contribution in [2.24, 2.45) is 5.73 Å². The van der Waals surface area contributed by atoms with Crippen molar-refractivity contribution in [1.82, 2.24) is 14.8 Å². The maximum absolute atomic E-state index is 12.7. The second-order valence-corrected chi connectivity index (χ2v) is 3.15. The molecule has 0 amide bonds. The second kappa shape index (κ2) is 4.36. The average Bonchev–Trinajstić information content (AvgIpc) is 2.73. The Morgan fingerprint density at radius 3 is 2.44 bits per heavy atom. The Labute approximate surface area is 90.7 Å². The molecule has 0 bridgehead atoms. The fourth-order valence-electron chi connectivity index (χ4n) is 1.46. The lowest BCUT2D eigenvalue weighted by molar-refractivity contribution is 0.138. The predicted molar refractivity (Wildman–Crippen MR) is 54.2 cm³/mol. The topological polar surface area (TPSA) is 56.7 Å². The van der Waals surface area contributed by atoms with Crippen LogP contribution in [0.1, 0.15) is 18.1 Å². The number of hydrogen-bond donors (Lipinski definition) is 1. The smallest absolute Gasteiger partial charge is 0.297 e. The SMILES string of the molecule is NCc1nnc(C(F)F)n1-c1ccccc1. The van der Waals surface area contributed by atoms with Crippen LogP contribution >= 0.6 is 0 Å². The van der Waals surface area contributed by atoms with Gasteiger partial charge in [0, 0.05) is 5.69 Å². The van der Waals surface area contributed by atoms with Gasteiger partial charge < -0.3 is 5.73 Å². The van der Waals surface area contributed by atoms with Crippen LogP contribution in [0.15, 0.2) is 30.3 Å². The molecule has 0 aliphatic carbocycles. The van der Waals surface area contributed by atoms with Gasteiger partial charge in [-0.1, -0.05) is 18.2 Å². The van der Waals surface area contributed by atoms with Gasteiger partial charge in [0.25, 0.3) is 6.43 Å². The molecule has 1 heterocycles. The van der Waals surface area contributed by atoms with Crippen LogP contribution in [0.2, 0.25) is 0 Å². The Bertz CT molecular complexity index is 467. The Kier molecular flexibility index (Phi) is 2.91. The molecule has 1 aromatic heterocycles. The number of alkyl halides is 2. The lowest BCUT2D eigenvalue weighted by Gasteiger charge is -2.08. The van der Waals surface area contributed by atoms with Gasteiger partial charge in [-0.25, -0.2) is 8.78 Å². The van der Waals surface area contributed by atoms with E-state index >= 15 is 0 Å². The van der Waals surface area contributed by atoms with Crippen molar-refractivity contribution in [3.63, 3.8) is 0 Å². The fraction of sp³-hybridized carbons (Fsp3) is 0.200. The molecule has 2 aromatic rings. The van der Waals surface area contributed by atoms with E-state index in [0.717, 1.165) is 0 Å². The molecule has 16 heavy (non-hydrogen) atoms. The van der Waals surface area contributed by atoms with E-state index in [0.29, 0.717) is 11.5 Å². The van der Waals surface area contributed by atoms with Crippen molar-refractivity contribution in [3.8, 4) is 5.69 Å². The first-order valence-electron chi connectivity index (χ1n) is 4.72. The minimum atomic E-state index is -2.67. The van der Waals surface area contributed by atoms with Crippen molar-refractivity contribution in [3.05, 3.63) is 42.0 Å². The first-order valence-corrected chi connectivity index (χ1v) is 4.72. The third-order valence-corrected chi connectivity index (χ3v) is 2.15. The van der Waals surface area contributed by atoms with Crippen LogP contribution in [0, 0.1) is 0 Å². The van der Waals surface area contributed by atoms with E-state index in [-0.39, 0.29) is 12.4 Å². The molecule has 0 unspecified atom stereocenters. The predicted octanol–water partition coefficient (Wildman–Crippen LogP) is 1.66. The van der Waals surface area contributed by atoms with Crippen molar-refractivity contribution in [2.45, 2.75) is 13.0 Å². The number of nitrogens with zero attached hydrogens (tertiary/aromatic N) is 3. The zero-order chi connectivity index (χ0) is 11.5. The van der Waals surface area contributed by atoms with E-state index in [4.69, 9.17) is 5.73 Å². The number of para-hydroxylation sites is 1. The van der Waals surface area contributed by atoms with Gasteiger partial charge in [0.05, 0.1) is 6.54 Å². The summed E-state index contributed by atoms with van der Waals surface area (Å²) in [5.41, 5.74) is 6.02. The molecule has 2 N–H and O–H groups in total. The first kappa shape index (κ1) is 10.7. The molecular formula is C10H10F2N4. The Hall–Kier alpha value is -1.82. The molecule has 0 saturated carbocycles. The molecule has 0 aliphatic rings. The molecule has 0 atom stereocenters. The van der Waals surface area contributed by atoms with Gasteiger partial charge in [0.2, 0.25) is 5.82 Å². The molecule has 0 spiro atoms. The third-order valence-electron chi connectivity index (χ3n) is 2.15. The number of rotatable bonds is 3. The van der Waals surface area contributed by atoms with E-state index in [2.05, 4.69) is 10.2 Å². The van der Waals surface area contributed by atoms with Gasteiger partial charge >= 0.3 is 0 Å². The lowest BCUT2D eigenvalue weighted by atomic mass is 10.3. The summed E-state index contributed by atoms with van der Waals surface area (Å²) in [7, 11) is 0. The zero-order valence-electron chi connectivity index (χ0n) is 8.35. The summed E-state index contributed by atoms with van der Waals surface area (Å²) in [5, 5.41) is 7.09. The number of halogens is 2. The molecule has 6 heteroatoms. The van der Waals surface area contributed by atoms with E-state index < -0.39 is 6.43 Å². The zero-order valence-corrected chi connectivity index (χ0v) is 8.35. The van der Waals surface area contributed by atoms with Crippen molar-refractivity contribution < 1.29 is 8.78 Å². The van der Waals surface area contributed by atoms with Crippen molar-refractivity contribution in [1.29, 1.82) is 0 Å². The minimum absolute atomic E-state index is 0.0641. The number of nitrogens with two attached hydrogens (primary N) is 1. The maximum atomic E-state index is 12.7. The van der Waals surface area contributed by atoms with Crippen LogP contribution in [-0.2, 0) is 6.54 Å². The molecule has 0 saturated heterocycles. The molecule has 4 nitrogen and oxygen atoms in total. The fourth-order valence-corrected chi connectivity index (χ4v) is 1.46. The maximum Gasteiger partial charge on any atom is 0.297 e. The summed E-state index contributed by atoms with van der Waals surface area (Å²) >= 11 is 0. The highest BCUT2D eigenvalue weighted by Gasteiger charge is 2.20. The third kappa shape index (κ3) is 1.79. The largest absolute Gasteiger partial charge is 0.324 e. The van der Waals surface area contributed by atoms with Gasteiger partial charge in [0.1, 0.15) is 0 Å². The van der Waals surface area contributed by atoms with Crippen LogP contribution in [0.3, 0.4) is 0 Å². The molecule has 0 aliphatic heterocycles. The monoisotopic (exact) mass is 224 g/mol. The normalized spacial score (nSPS) is 11.0. The van der Waals surface area contributed by atoms with Gasteiger partial charge in [-0.15, -0.1) is 10.2 Å². The van der Waals surface area contributed by atoms with Crippen LogP contribution in [0.25, 0.3) is 5.69 Å². The van der Waals surface area contributed by atoms with Crippen molar-refractivity contribution in [2.75, 3.05) is 0 Å². The summed E-state index contributed by atoms with van der Waals surface area (Å²) in [6, 6.07) is 8.72. The molecule has 1 aromatic carbocycles. The number of hydrogen-bond acceptors (Lipinski definition) is 3. The van der Waals surface area contributed by atoms with E-state index in [1.807, 2.05) is 0 Å². The van der Waals surface area contributed by atoms with Gasteiger partial charge in [-0.3, -0.25) is 4.57 Å². The summed E-state index contributed by atoms with van der Waals surface area (Å²) in [4.78, 5) is 0. The van der Waals surface area contributed by atoms with E-state index in [9.17, 15) is 8.78 Å². The minimum Gasteiger partial charge on any atom is -0.324 e. The Balaban J connectivity index is 2.57. The van der Waals surface area contributed by atoms with Gasteiger partial charge in [0.15, 0.2) is 5.82 Å². The molecular weight excluding hydrogens is 214 g/mol. The Morgan fingerprint density at radius 1 is 1.19 bits per heavy atom.